The van der Waals surface area contributed by atoms with Crippen molar-refractivity contribution in [3.8, 4) is 5.75 Å². The molecule has 0 aliphatic rings. The molecule has 2 atom stereocenters. The first kappa shape index (κ1) is 40.1. The SMILES string of the molecule is CC(C)CCNC(=O)CCCc1ccccc1NC(=O)[C@@H](C)N(C)C(=O)[C@H](Cc1ccc(OCc2ccccc2)cc1)NC(=O)OCc1ccccc1. The topological polar surface area (TPSA) is 126 Å². The highest BCUT2D eigenvalue weighted by atomic mass is 16.5. The lowest BCUT2D eigenvalue weighted by atomic mass is 10.0. The first-order chi connectivity index (χ1) is 25.6. The third-order valence-corrected chi connectivity index (χ3v) is 8.89. The zero-order valence-corrected chi connectivity index (χ0v) is 31.2. The van der Waals surface area contributed by atoms with Gasteiger partial charge in [0.1, 0.15) is 31.0 Å². The van der Waals surface area contributed by atoms with Gasteiger partial charge in [0, 0.05) is 32.1 Å². The smallest absolute Gasteiger partial charge is 0.408 e. The quantitative estimate of drug-likeness (QED) is 0.0952. The van der Waals surface area contributed by atoms with Crippen LogP contribution in [0.4, 0.5) is 10.5 Å². The van der Waals surface area contributed by atoms with E-state index in [1.54, 1.807) is 14.0 Å². The van der Waals surface area contributed by atoms with Gasteiger partial charge in [-0.2, -0.15) is 0 Å². The summed E-state index contributed by atoms with van der Waals surface area (Å²) in [4.78, 5) is 54.1. The summed E-state index contributed by atoms with van der Waals surface area (Å²) < 4.78 is 11.4. The summed E-state index contributed by atoms with van der Waals surface area (Å²) in [7, 11) is 1.54. The fourth-order valence-electron chi connectivity index (χ4n) is 5.54. The zero-order chi connectivity index (χ0) is 38.0. The van der Waals surface area contributed by atoms with Crippen LogP contribution < -0.4 is 20.7 Å². The van der Waals surface area contributed by atoms with Gasteiger partial charge >= 0.3 is 6.09 Å². The molecule has 4 rings (SSSR count). The molecule has 0 heterocycles. The molecule has 10 heteroatoms. The number of rotatable bonds is 19. The summed E-state index contributed by atoms with van der Waals surface area (Å²) >= 11 is 0. The second kappa shape index (κ2) is 21.0. The molecule has 0 saturated carbocycles. The minimum atomic E-state index is -1.02. The van der Waals surface area contributed by atoms with E-state index < -0.39 is 24.1 Å². The van der Waals surface area contributed by atoms with Crippen LogP contribution in [-0.2, 0) is 45.2 Å². The van der Waals surface area contributed by atoms with Crippen molar-refractivity contribution in [2.24, 2.45) is 5.92 Å². The lowest BCUT2D eigenvalue weighted by Crippen LogP contribution is -2.53. The van der Waals surface area contributed by atoms with Crippen molar-refractivity contribution in [3.05, 3.63) is 131 Å². The van der Waals surface area contributed by atoms with Gasteiger partial charge in [0.2, 0.25) is 17.7 Å². The number of para-hydroxylation sites is 1. The van der Waals surface area contributed by atoms with Gasteiger partial charge in [0.05, 0.1) is 0 Å². The van der Waals surface area contributed by atoms with Gasteiger partial charge in [-0.25, -0.2) is 4.79 Å². The van der Waals surface area contributed by atoms with Crippen LogP contribution in [0.2, 0.25) is 0 Å². The highest BCUT2D eigenvalue weighted by Crippen LogP contribution is 2.20. The molecule has 10 nitrogen and oxygen atoms in total. The summed E-state index contributed by atoms with van der Waals surface area (Å²) in [5.41, 5.74) is 4.16. The normalized spacial score (nSPS) is 11.9. The molecule has 0 fully saturated rings. The molecule has 4 aromatic carbocycles. The first-order valence-corrected chi connectivity index (χ1v) is 18.2. The number of ether oxygens (including phenoxy) is 2. The number of nitrogens with zero attached hydrogens (tertiary/aromatic N) is 1. The zero-order valence-electron chi connectivity index (χ0n) is 31.2. The van der Waals surface area contributed by atoms with E-state index in [0.717, 1.165) is 28.7 Å². The van der Waals surface area contributed by atoms with Crippen molar-refractivity contribution >= 4 is 29.5 Å². The van der Waals surface area contributed by atoms with Gasteiger partial charge in [-0.05, 0) is 72.6 Å². The van der Waals surface area contributed by atoms with Crippen LogP contribution in [0, 0.1) is 5.92 Å². The Labute approximate surface area is 313 Å². The first-order valence-electron chi connectivity index (χ1n) is 18.2. The second-order valence-corrected chi connectivity index (χ2v) is 13.5. The number of likely N-dealkylation sites (N-methyl/N-ethyl adjacent to an activating group) is 1. The molecule has 0 bridgehead atoms. The Hall–Kier alpha value is -5.64. The Morgan fingerprint density at radius 2 is 1.36 bits per heavy atom. The average molecular weight is 721 g/mol. The van der Waals surface area contributed by atoms with Crippen molar-refractivity contribution in [1.82, 2.24) is 15.5 Å². The van der Waals surface area contributed by atoms with Crippen molar-refractivity contribution in [3.63, 3.8) is 0 Å². The molecule has 4 amide bonds. The molecular formula is C43H52N4O6. The third kappa shape index (κ3) is 13.8. The predicted octanol–water partition coefficient (Wildman–Crippen LogP) is 7.07. The monoisotopic (exact) mass is 720 g/mol. The van der Waals surface area contributed by atoms with Crippen LogP contribution >= 0.6 is 0 Å². The number of aryl methyl sites for hydroxylation is 1. The van der Waals surface area contributed by atoms with Crippen LogP contribution in [-0.4, -0.2) is 54.4 Å². The summed E-state index contributed by atoms with van der Waals surface area (Å²) in [6, 6.07) is 32.0. The standard InChI is InChI=1S/C43H52N4O6/c1-31(2)26-27-44-40(48)21-13-19-36-18-11-12-20-38(36)45-41(49)32(3)47(4)42(50)39(46-43(51)53-30-35-16-9-6-10-17-35)28-33-22-24-37(25-23-33)52-29-34-14-7-5-8-15-34/h5-12,14-18,20,22-25,31-32,39H,13,19,21,26-30H2,1-4H3,(H,44,48)(H,45,49)(H,46,51)/t32-,39+/m1/s1. The fourth-order valence-corrected chi connectivity index (χ4v) is 5.54. The van der Waals surface area contributed by atoms with E-state index >= 15 is 0 Å². The lowest BCUT2D eigenvalue weighted by molar-refractivity contribution is -0.138. The van der Waals surface area contributed by atoms with E-state index in [4.69, 9.17) is 9.47 Å². The molecule has 0 spiro atoms. The van der Waals surface area contributed by atoms with Crippen molar-refractivity contribution < 1.29 is 28.7 Å². The summed E-state index contributed by atoms with van der Waals surface area (Å²) in [6.07, 6.45) is 1.96. The number of amides is 4. The van der Waals surface area contributed by atoms with Crippen LogP contribution in [0.15, 0.2) is 109 Å². The molecule has 0 saturated heterocycles. The van der Waals surface area contributed by atoms with E-state index in [0.29, 0.717) is 49.8 Å². The Bertz CT molecular complexity index is 1750. The van der Waals surface area contributed by atoms with Gasteiger partial charge in [-0.1, -0.05) is 105 Å². The van der Waals surface area contributed by atoms with E-state index in [9.17, 15) is 19.2 Å². The number of benzene rings is 4. The Morgan fingerprint density at radius 3 is 2.02 bits per heavy atom. The van der Waals surface area contributed by atoms with Crippen LogP contribution in [0.25, 0.3) is 0 Å². The fraction of sp³-hybridized carbons (Fsp3) is 0.349. The Balaban J connectivity index is 1.39. The molecule has 0 unspecified atom stereocenters. The third-order valence-electron chi connectivity index (χ3n) is 8.89. The molecular weight excluding hydrogens is 668 g/mol. The maximum absolute atomic E-state index is 14.0. The molecule has 3 N–H and O–H groups in total. The molecule has 0 radical (unpaired) electrons. The number of hydrogen-bond acceptors (Lipinski definition) is 6. The van der Waals surface area contributed by atoms with Crippen LogP contribution in [0.5, 0.6) is 5.75 Å². The molecule has 0 aliphatic carbocycles. The largest absolute Gasteiger partial charge is 0.489 e. The van der Waals surface area contributed by atoms with Crippen LogP contribution in [0.1, 0.15) is 62.3 Å². The van der Waals surface area contributed by atoms with Gasteiger partial charge in [-0.3, -0.25) is 14.4 Å². The summed E-state index contributed by atoms with van der Waals surface area (Å²) in [5, 5.41) is 8.66. The van der Waals surface area contributed by atoms with E-state index in [-0.39, 0.29) is 24.8 Å². The highest BCUT2D eigenvalue weighted by Gasteiger charge is 2.30. The predicted molar refractivity (Wildman–Crippen MR) is 207 cm³/mol. The number of alkyl carbamates (subject to hydrolysis) is 1. The van der Waals surface area contributed by atoms with E-state index in [2.05, 4.69) is 29.8 Å². The average Bonchev–Trinajstić information content (AvgIpc) is 3.17. The van der Waals surface area contributed by atoms with Crippen molar-refractivity contribution in [2.75, 3.05) is 18.9 Å². The Kier molecular flexibility index (Phi) is 15.9. The number of nitrogens with one attached hydrogen (secondary N) is 3. The molecule has 0 aromatic heterocycles. The van der Waals surface area contributed by atoms with Gasteiger partial charge in [0.15, 0.2) is 0 Å². The Morgan fingerprint density at radius 1 is 0.736 bits per heavy atom. The maximum atomic E-state index is 14.0. The van der Waals surface area contributed by atoms with Gasteiger partial charge < -0.3 is 30.3 Å². The minimum Gasteiger partial charge on any atom is -0.489 e. The number of anilines is 1. The number of carbonyl (C=O) groups is 4. The van der Waals surface area contributed by atoms with Crippen LogP contribution in [0.3, 0.4) is 0 Å². The lowest BCUT2D eigenvalue weighted by Gasteiger charge is -2.29. The van der Waals surface area contributed by atoms with E-state index in [1.807, 2.05) is 109 Å². The number of carbonyl (C=O) groups excluding carboxylic acids is 4. The minimum absolute atomic E-state index is 0.0142. The van der Waals surface area contributed by atoms with Gasteiger partial charge in [0.25, 0.3) is 0 Å². The molecule has 280 valence electrons. The highest BCUT2D eigenvalue weighted by molar-refractivity contribution is 5.98. The summed E-state index contributed by atoms with van der Waals surface area (Å²) in [5.74, 6) is 0.369. The molecule has 0 aliphatic heterocycles. The van der Waals surface area contributed by atoms with E-state index in [1.165, 1.54) is 4.90 Å². The second-order valence-electron chi connectivity index (χ2n) is 13.5. The maximum Gasteiger partial charge on any atom is 0.408 e. The summed E-state index contributed by atoms with van der Waals surface area (Å²) in [6.45, 7) is 7.00. The molecule has 4 aromatic rings. The van der Waals surface area contributed by atoms with Crippen molar-refractivity contribution in [2.45, 2.75) is 78.2 Å². The van der Waals surface area contributed by atoms with Crippen molar-refractivity contribution in [1.29, 1.82) is 0 Å². The molecule has 53 heavy (non-hydrogen) atoms. The van der Waals surface area contributed by atoms with Gasteiger partial charge in [-0.15, -0.1) is 0 Å². The number of hydrogen-bond donors (Lipinski definition) is 3.